The van der Waals surface area contributed by atoms with Crippen LogP contribution >= 0.6 is 0 Å². The van der Waals surface area contributed by atoms with Crippen molar-refractivity contribution in [3.05, 3.63) is 17.5 Å². The summed E-state index contributed by atoms with van der Waals surface area (Å²) in [7, 11) is 0. The summed E-state index contributed by atoms with van der Waals surface area (Å²) < 4.78 is 2.06. The molecule has 1 aliphatic rings. The first-order valence-corrected chi connectivity index (χ1v) is 8.01. The van der Waals surface area contributed by atoms with E-state index in [2.05, 4.69) is 46.5 Å². The summed E-state index contributed by atoms with van der Waals surface area (Å²) in [4.78, 5) is 6.82. The van der Waals surface area contributed by atoms with Crippen LogP contribution in [0.15, 0.2) is 11.1 Å². The molecule has 0 aliphatic carbocycles. The molecule has 0 bridgehead atoms. The number of hydrogen-bond donors (Lipinski definition) is 1. The summed E-state index contributed by atoms with van der Waals surface area (Å²) in [5, 5.41) is 4.50. The molecule has 1 aliphatic heterocycles. The van der Waals surface area contributed by atoms with Gasteiger partial charge in [-0.15, -0.1) is 0 Å². The minimum Gasteiger partial charge on any atom is -0.370 e. The van der Waals surface area contributed by atoms with Gasteiger partial charge in [-0.3, -0.25) is 9.67 Å². The summed E-state index contributed by atoms with van der Waals surface area (Å²) in [6, 6.07) is 2.11. The van der Waals surface area contributed by atoms with Crippen LogP contribution in [0.3, 0.4) is 0 Å². The molecule has 2 rings (SSSR count). The highest BCUT2D eigenvalue weighted by Crippen LogP contribution is 2.15. The van der Waals surface area contributed by atoms with Crippen molar-refractivity contribution < 1.29 is 0 Å². The van der Waals surface area contributed by atoms with Gasteiger partial charge in [-0.25, -0.2) is 0 Å². The summed E-state index contributed by atoms with van der Waals surface area (Å²) in [6.45, 7) is 12.4. The lowest BCUT2D eigenvalue weighted by atomic mass is 10.0. The lowest BCUT2D eigenvalue weighted by molar-refractivity contribution is 0.269. The van der Waals surface area contributed by atoms with Gasteiger partial charge in [-0.05, 0) is 44.6 Å². The average molecular weight is 291 g/mol. The maximum absolute atomic E-state index is 6.14. The van der Waals surface area contributed by atoms with Gasteiger partial charge < -0.3 is 10.6 Å². The van der Waals surface area contributed by atoms with Crippen molar-refractivity contribution in [1.82, 2.24) is 14.7 Å². The lowest BCUT2D eigenvalue weighted by Crippen LogP contribution is -2.43. The monoisotopic (exact) mass is 291 g/mol. The molecule has 0 amide bonds. The van der Waals surface area contributed by atoms with Crippen LogP contribution < -0.4 is 5.73 Å². The fourth-order valence-electron chi connectivity index (χ4n) is 2.96. The fraction of sp³-hybridized carbons (Fsp3) is 0.750. The van der Waals surface area contributed by atoms with E-state index >= 15 is 0 Å². The Balaban J connectivity index is 1.86. The Morgan fingerprint density at radius 2 is 2.29 bits per heavy atom. The maximum Gasteiger partial charge on any atom is 0.191 e. The summed E-state index contributed by atoms with van der Waals surface area (Å²) in [5.74, 6) is 1.87. The van der Waals surface area contributed by atoms with E-state index in [1.165, 1.54) is 18.5 Å². The van der Waals surface area contributed by atoms with E-state index in [9.17, 15) is 0 Å². The smallest absolute Gasteiger partial charge is 0.191 e. The molecular formula is C16H29N5. The topological polar surface area (TPSA) is 59.4 Å². The molecule has 1 saturated heterocycles. The number of aliphatic imine (C=N–C) groups is 1. The number of guanidine groups is 1. The second kappa shape index (κ2) is 6.96. The highest BCUT2D eigenvalue weighted by molar-refractivity contribution is 5.78. The van der Waals surface area contributed by atoms with Gasteiger partial charge in [0.2, 0.25) is 0 Å². The molecule has 1 aromatic rings. The van der Waals surface area contributed by atoms with Crippen LogP contribution in [0.1, 0.15) is 38.1 Å². The zero-order valence-electron chi connectivity index (χ0n) is 13.8. The molecule has 1 aromatic heterocycles. The van der Waals surface area contributed by atoms with E-state index < -0.39 is 0 Å². The third kappa shape index (κ3) is 4.48. The standard InChI is InChI=1S/C16H29N5/c1-12-6-5-7-20(10-12)16(17)18-9-13(2)11-21-15(4)8-14(3)19-21/h8,12-13H,5-7,9-11H2,1-4H3,(H2,17,18)/t12-,13+/m0/s1. The molecule has 21 heavy (non-hydrogen) atoms. The van der Waals surface area contributed by atoms with Gasteiger partial charge in [0, 0.05) is 31.9 Å². The van der Waals surface area contributed by atoms with Crippen molar-refractivity contribution in [2.24, 2.45) is 22.6 Å². The normalized spacial score (nSPS) is 21.6. The Morgan fingerprint density at radius 3 is 2.90 bits per heavy atom. The largest absolute Gasteiger partial charge is 0.370 e. The van der Waals surface area contributed by atoms with Crippen LogP contribution in [0.2, 0.25) is 0 Å². The van der Waals surface area contributed by atoms with E-state index in [1.54, 1.807) is 0 Å². The van der Waals surface area contributed by atoms with Gasteiger partial charge in [0.1, 0.15) is 0 Å². The van der Waals surface area contributed by atoms with Gasteiger partial charge >= 0.3 is 0 Å². The van der Waals surface area contributed by atoms with E-state index in [0.29, 0.717) is 11.9 Å². The number of hydrogen-bond acceptors (Lipinski definition) is 2. The quantitative estimate of drug-likeness (QED) is 0.683. The lowest BCUT2D eigenvalue weighted by Gasteiger charge is -2.31. The van der Waals surface area contributed by atoms with Gasteiger partial charge in [0.25, 0.3) is 0 Å². The zero-order valence-corrected chi connectivity index (χ0v) is 13.8. The van der Waals surface area contributed by atoms with E-state index in [1.807, 2.05) is 6.92 Å². The predicted octanol–water partition coefficient (Wildman–Crippen LogP) is 2.18. The second-order valence-electron chi connectivity index (χ2n) is 6.61. The van der Waals surface area contributed by atoms with Crippen LogP contribution in [0.25, 0.3) is 0 Å². The zero-order chi connectivity index (χ0) is 15.4. The first-order chi connectivity index (χ1) is 9.95. The van der Waals surface area contributed by atoms with E-state index in [4.69, 9.17) is 5.73 Å². The molecule has 0 radical (unpaired) electrons. The van der Waals surface area contributed by atoms with Crippen LogP contribution in [0, 0.1) is 25.7 Å². The Kier molecular flexibility index (Phi) is 5.26. The van der Waals surface area contributed by atoms with Crippen LogP contribution in [-0.4, -0.2) is 40.3 Å². The van der Waals surface area contributed by atoms with Gasteiger partial charge in [-0.2, -0.15) is 5.10 Å². The van der Waals surface area contributed by atoms with Gasteiger partial charge in [-0.1, -0.05) is 13.8 Å². The van der Waals surface area contributed by atoms with E-state index in [0.717, 1.165) is 37.8 Å². The molecule has 2 N–H and O–H groups in total. The van der Waals surface area contributed by atoms with Crippen molar-refractivity contribution in [2.45, 2.75) is 47.1 Å². The number of likely N-dealkylation sites (tertiary alicyclic amines) is 1. The van der Waals surface area contributed by atoms with Crippen molar-refractivity contribution in [3.8, 4) is 0 Å². The maximum atomic E-state index is 6.14. The number of aryl methyl sites for hydroxylation is 2. The molecule has 0 spiro atoms. The minimum absolute atomic E-state index is 0.434. The number of rotatable bonds is 4. The summed E-state index contributed by atoms with van der Waals surface area (Å²) in [5.41, 5.74) is 8.42. The molecule has 0 saturated carbocycles. The predicted molar refractivity (Wildman–Crippen MR) is 87.3 cm³/mol. The Bertz CT molecular complexity index is 491. The number of nitrogens with two attached hydrogens (primary N) is 1. The Morgan fingerprint density at radius 1 is 1.52 bits per heavy atom. The molecule has 0 aromatic carbocycles. The molecule has 5 heteroatoms. The van der Waals surface area contributed by atoms with Gasteiger partial charge in [0.05, 0.1) is 5.69 Å². The first kappa shape index (κ1) is 15.9. The molecular weight excluding hydrogens is 262 g/mol. The van der Waals surface area contributed by atoms with Crippen LogP contribution in [-0.2, 0) is 6.54 Å². The fourth-order valence-corrected chi connectivity index (χ4v) is 2.96. The highest BCUT2D eigenvalue weighted by atomic mass is 15.3. The Labute approximate surface area is 128 Å². The molecule has 0 unspecified atom stereocenters. The van der Waals surface area contributed by atoms with Crippen LogP contribution in [0.5, 0.6) is 0 Å². The molecule has 5 nitrogen and oxygen atoms in total. The van der Waals surface area contributed by atoms with Crippen molar-refractivity contribution in [2.75, 3.05) is 19.6 Å². The Hall–Kier alpha value is -1.52. The minimum atomic E-state index is 0.434. The molecule has 1 fully saturated rings. The number of nitrogens with zero attached hydrogens (tertiary/aromatic N) is 4. The SMILES string of the molecule is Cc1cc(C)n(C[C@H](C)CN=C(N)N2CCC[C@H](C)C2)n1. The van der Waals surface area contributed by atoms with Gasteiger partial charge in [0.15, 0.2) is 5.96 Å². The average Bonchev–Trinajstić information content (AvgIpc) is 2.74. The summed E-state index contributed by atoms with van der Waals surface area (Å²) in [6.07, 6.45) is 2.52. The first-order valence-electron chi connectivity index (χ1n) is 8.01. The van der Waals surface area contributed by atoms with Crippen molar-refractivity contribution in [3.63, 3.8) is 0 Å². The summed E-state index contributed by atoms with van der Waals surface area (Å²) >= 11 is 0. The molecule has 2 atom stereocenters. The van der Waals surface area contributed by atoms with Crippen molar-refractivity contribution >= 4 is 5.96 Å². The van der Waals surface area contributed by atoms with E-state index in [-0.39, 0.29) is 0 Å². The van der Waals surface area contributed by atoms with Crippen LogP contribution in [0.4, 0.5) is 0 Å². The molecule has 2 heterocycles. The second-order valence-corrected chi connectivity index (χ2v) is 6.61. The number of aromatic nitrogens is 2. The third-order valence-corrected chi connectivity index (χ3v) is 4.13. The number of piperidine rings is 1. The molecule has 118 valence electrons. The van der Waals surface area contributed by atoms with Crippen molar-refractivity contribution in [1.29, 1.82) is 0 Å². The third-order valence-electron chi connectivity index (χ3n) is 4.13. The highest BCUT2D eigenvalue weighted by Gasteiger charge is 2.17.